The van der Waals surface area contributed by atoms with E-state index < -0.39 is 15.1 Å². The molecule has 1 nitrogen and oxygen atoms in total. The fraction of sp³-hybridized carbons (Fsp3) is 0. The Hall–Kier alpha value is -0.201. The van der Waals surface area contributed by atoms with E-state index in [9.17, 15) is 19.4 Å². The quantitative estimate of drug-likeness (QED) is 0.393. The molecule has 0 aliphatic heterocycles. The van der Waals surface area contributed by atoms with Gasteiger partial charge in [-0.25, -0.2) is 0 Å². The molecule has 0 saturated heterocycles. The fourth-order valence-electron chi connectivity index (χ4n) is 0.867. The maximum absolute atomic E-state index is 12.4. The van der Waals surface area contributed by atoms with Gasteiger partial charge in [-0.05, 0) is 0 Å². The summed E-state index contributed by atoms with van der Waals surface area (Å²) in [6.07, 6.45) is 0. The minimum atomic E-state index is -9.61. The standard InChI is InChI=1S/C7H3BrF5NSSe/c8-6-3-5(15(9,10,11,12)13)1-2-7(6)14-4-16/h1-3H. The Morgan fingerprint density at radius 1 is 1.19 bits per heavy atom. The maximum atomic E-state index is 12.4. The second-order valence-corrected chi connectivity index (χ2v) is 6.43. The molecule has 0 aliphatic rings. The van der Waals surface area contributed by atoms with Crippen LogP contribution in [0.2, 0.25) is 0 Å². The van der Waals surface area contributed by atoms with E-state index in [4.69, 9.17) is 0 Å². The zero-order chi connectivity index (χ0) is 12.7. The molecule has 1 aromatic rings. The molecule has 9 heteroatoms. The molecule has 0 unspecified atom stereocenters. The van der Waals surface area contributed by atoms with Gasteiger partial charge in [0.25, 0.3) is 0 Å². The van der Waals surface area contributed by atoms with Crippen LogP contribution in [0.3, 0.4) is 0 Å². The number of hydrogen-bond acceptors (Lipinski definition) is 1. The Labute approximate surface area is 104 Å². The summed E-state index contributed by atoms with van der Waals surface area (Å²) in [5.41, 5.74) is 0.0735. The second kappa shape index (κ2) is 3.40. The van der Waals surface area contributed by atoms with Gasteiger partial charge in [-0.2, -0.15) is 0 Å². The minimum absolute atomic E-state index is 0.0735. The summed E-state index contributed by atoms with van der Waals surface area (Å²) in [5.74, 6) is 0. The first-order valence-corrected chi connectivity index (χ1v) is 7.15. The van der Waals surface area contributed by atoms with Crippen LogP contribution in [-0.2, 0) is 0 Å². The molecule has 0 heterocycles. The molecule has 0 spiro atoms. The van der Waals surface area contributed by atoms with Crippen LogP contribution in [0.1, 0.15) is 0 Å². The average Bonchev–Trinajstić information content (AvgIpc) is 2.04. The summed E-state index contributed by atoms with van der Waals surface area (Å²) in [5, 5.41) is 0. The number of hydrogen-bond donors (Lipinski definition) is 0. The van der Waals surface area contributed by atoms with Gasteiger partial charge in [0.1, 0.15) is 0 Å². The third-order valence-electron chi connectivity index (χ3n) is 1.53. The summed E-state index contributed by atoms with van der Waals surface area (Å²) in [7, 11) is -9.61. The van der Waals surface area contributed by atoms with Gasteiger partial charge in [-0.3, -0.25) is 0 Å². The van der Waals surface area contributed by atoms with Crippen LogP contribution in [-0.4, -0.2) is 20.3 Å². The van der Waals surface area contributed by atoms with Crippen LogP contribution in [0.15, 0.2) is 32.6 Å². The van der Waals surface area contributed by atoms with E-state index >= 15 is 0 Å². The van der Waals surface area contributed by atoms with Gasteiger partial charge in [0.15, 0.2) is 0 Å². The monoisotopic (exact) mass is 387 g/mol. The molecule has 1 rings (SSSR count). The van der Waals surface area contributed by atoms with Crippen molar-refractivity contribution in [1.82, 2.24) is 0 Å². The number of halogens is 6. The normalized spacial score (nSPS) is 15.9. The van der Waals surface area contributed by atoms with E-state index in [0.29, 0.717) is 12.1 Å². The van der Waals surface area contributed by atoms with Gasteiger partial charge >= 0.3 is 104 Å². The average molecular weight is 387 g/mol. The molecular formula is C7H3BrF5NSSe. The van der Waals surface area contributed by atoms with Crippen LogP contribution in [0.25, 0.3) is 0 Å². The Kier molecular flexibility index (Phi) is 2.94. The van der Waals surface area contributed by atoms with E-state index in [2.05, 4.69) is 41.2 Å². The number of nitrogens with zero attached hydrogens (tertiary/aromatic N) is 1. The van der Waals surface area contributed by atoms with Gasteiger partial charge in [0.05, 0.1) is 0 Å². The van der Waals surface area contributed by atoms with Crippen LogP contribution in [0.4, 0.5) is 25.1 Å². The third kappa shape index (κ3) is 3.40. The molecule has 0 aliphatic carbocycles. The molecule has 90 valence electrons. The number of aliphatic imine (C=N–C) groups is 1. The first-order valence-electron chi connectivity index (χ1n) is 3.55. The van der Waals surface area contributed by atoms with E-state index in [1.54, 1.807) is 0 Å². The molecule has 0 radical (unpaired) electrons. The summed E-state index contributed by atoms with van der Waals surface area (Å²) in [6, 6.07) is 1.43. The first-order chi connectivity index (χ1) is 6.94. The molecule has 0 amide bonds. The molecular weight excluding hydrogens is 384 g/mol. The van der Waals surface area contributed by atoms with Gasteiger partial charge in [-0.15, -0.1) is 0 Å². The van der Waals surface area contributed by atoms with Gasteiger partial charge in [0.2, 0.25) is 0 Å². The molecule has 0 saturated carbocycles. The van der Waals surface area contributed by atoms with Gasteiger partial charge < -0.3 is 0 Å². The van der Waals surface area contributed by atoms with Crippen LogP contribution in [0.5, 0.6) is 0 Å². The molecule has 0 atom stereocenters. The molecule has 0 aromatic heterocycles. The Morgan fingerprint density at radius 2 is 1.75 bits per heavy atom. The predicted octanol–water partition coefficient (Wildman–Crippen LogP) is 4.81. The summed E-state index contributed by atoms with van der Waals surface area (Å²) in [6.45, 7) is 0. The van der Waals surface area contributed by atoms with Crippen molar-refractivity contribution >= 4 is 52.1 Å². The van der Waals surface area contributed by atoms with Crippen molar-refractivity contribution in [2.75, 3.05) is 0 Å². The van der Waals surface area contributed by atoms with Crippen LogP contribution >= 0.6 is 26.2 Å². The molecule has 0 N–H and O–H groups in total. The van der Waals surface area contributed by atoms with E-state index in [-0.39, 0.29) is 10.2 Å². The molecule has 16 heavy (non-hydrogen) atoms. The predicted molar refractivity (Wildman–Crippen MR) is 58.4 cm³/mol. The Bertz CT molecular complexity index is 493. The van der Waals surface area contributed by atoms with Gasteiger partial charge in [0, 0.05) is 0 Å². The van der Waals surface area contributed by atoms with E-state index in [1.165, 1.54) is 0 Å². The third-order valence-corrected chi connectivity index (χ3v) is 3.50. The van der Waals surface area contributed by atoms with Crippen molar-refractivity contribution in [1.29, 1.82) is 0 Å². The van der Waals surface area contributed by atoms with Gasteiger partial charge in [-0.1, -0.05) is 0 Å². The van der Waals surface area contributed by atoms with Crippen molar-refractivity contribution in [2.24, 2.45) is 4.99 Å². The van der Waals surface area contributed by atoms with Crippen LogP contribution < -0.4 is 0 Å². The zero-order valence-corrected chi connectivity index (χ0v) is 11.4. The van der Waals surface area contributed by atoms with Crippen molar-refractivity contribution in [3.63, 3.8) is 0 Å². The van der Waals surface area contributed by atoms with E-state index in [0.717, 1.165) is 6.07 Å². The second-order valence-electron chi connectivity index (χ2n) is 2.79. The topological polar surface area (TPSA) is 12.4 Å². The van der Waals surface area contributed by atoms with Crippen LogP contribution in [0, 0.1) is 0 Å². The molecule has 1 aromatic carbocycles. The van der Waals surface area contributed by atoms with Crippen molar-refractivity contribution in [3.05, 3.63) is 22.7 Å². The molecule has 0 bridgehead atoms. The number of benzene rings is 1. The summed E-state index contributed by atoms with van der Waals surface area (Å²) < 4.78 is 63.9. The number of rotatable bonds is 2. The SMILES string of the molecule is FS(F)(F)(F)(F)c1ccc(N=C=[Se])c(Br)c1. The van der Waals surface area contributed by atoms with Crippen molar-refractivity contribution < 1.29 is 19.4 Å². The zero-order valence-electron chi connectivity index (χ0n) is 7.26. The molecule has 0 fully saturated rings. The van der Waals surface area contributed by atoms with Crippen molar-refractivity contribution in [3.8, 4) is 0 Å². The fourth-order valence-corrected chi connectivity index (χ4v) is 2.36. The Balaban J connectivity index is 3.45. The first kappa shape index (κ1) is 13.9. The van der Waals surface area contributed by atoms with E-state index in [1.807, 2.05) is 0 Å². The Morgan fingerprint density at radius 3 is 2.12 bits per heavy atom. The van der Waals surface area contributed by atoms with Crippen molar-refractivity contribution in [2.45, 2.75) is 4.90 Å². The summed E-state index contributed by atoms with van der Waals surface area (Å²) in [4.78, 5) is 1.57. The summed E-state index contributed by atoms with van der Waals surface area (Å²) >= 11 is 5.00.